The highest BCUT2D eigenvalue weighted by atomic mass is 79.9. The highest BCUT2D eigenvalue weighted by molar-refractivity contribution is 9.10. The highest BCUT2D eigenvalue weighted by Crippen LogP contribution is 2.18. The molecule has 0 saturated carbocycles. The Morgan fingerprint density at radius 3 is 3.07 bits per heavy atom. The van der Waals surface area contributed by atoms with Crippen LogP contribution in [0.3, 0.4) is 0 Å². The van der Waals surface area contributed by atoms with Crippen LogP contribution in [0.2, 0.25) is 0 Å². The van der Waals surface area contributed by atoms with Crippen LogP contribution in [-0.2, 0) is 0 Å². The van der Waals surface area contributed by atoms with Gasteiger partial charge in [0.25, 0.3) is 0 Å². The zero-order valence-corrected chi connectivity index (χ0v) is 9.63. The maximum absolute atomic E-state index is 10.8. The quantitative estimate of drug-likeness (QED) is 0.823. The lowest BCUT2D eigenvalue weighted by Gasteiger charge is -2.03. The normalized spacial score (nSPS) is 8.93. The molecule has 5 heteroatoms. The van der Waals surface area contributed by atoms with Gasteiger partial charge in [-0.25, -0.2) is 9.78 Å². The summed E-state index contributed by atoms with van der Waals surface area (Å²) in [6.45, 7) is 2.18. The predicted octanol–water partition coefficient (Wildman–Crippen LogP) is 1.98. The maximum Gasteiger partial charge on any atom is 0.337 e. The summed E-state index contributed by atoms with van der Waals surface area (Å²) in [5.74, 6) is 5.03. The van der Waals surface area contributed by atoms with Crippen LogP contribution in [-0.4, -0.2) is 22.6 Å². The molecular formula is C10H9BrN2O2. The topological polar surface area (TPSA) is 62.2 Å². The molecule has 0 fully saturated rings. The van der Waals surface area contributed by atoms with Crippen molar-refractivity contribution in [3.63, 3.8) is 0 Å². The van der Waals surface area contributed by atoms with E-state index in [-0.39, 0.29) is 5.56 Å². The number of rotatable bonds is 3. The van der Waals surface area contributed by atoms with Crippen molar-refractivity contribution in [1.82, 2.24) is 4.98 Å². The van der Waals surface area contributed by atoms with Crippen LogP contribution in [0, 0.1) is 11.8 Å². The zero-order chi connectivity index (χ0) is 11.3. The van der Waals surface area contributed by atoms with Gasteiger partial charge in [-0.3, -0.25) is 0 Å². The second-order valence-corrected chi connectivity index (χ2v) is 3.49. The average molecular weight is 269 g/mol. The van der Waals surface area contributed by atoms with Crippen LogP contribution in [0.4, 0.5) is 5.82 Å². The lowest BCUT2D eigenvalue weighted by Crippen LogP contribution is -2.04. The van der Waals surface area contributed by atoms with Gasteiger partial charge in [-0.05, 0) is 28.9 Å². The third kappa shape index (κ3) is 3.26. The molecule has 2 N–H and O–H groups in total. The molecule has 1 aromatic rings. The Kier molecular flexibility index (Phi) is 4.13. The first-order valence-electron chi connectivity index (χ1n) is 4.17. The molecule has 1 heterocycles. The molecule has 78 valence electrons. The number of carboxylic acid groups (broad SMARTS) is 1. The Bertz CT molecular complexity index is 435. The molecule has 0 aliphatic rings. The van der Waals surface area contributed by atoms with E-state index in [1.165, 1.54) is 12.3 Å². The van der Waals surface area contributed by atoms with Gasteiger partial charge >= 0.3 is 5.97 Å². The zero-order valence-electron chi connectivity index (χ0n) is 8.04. The molecule has 0 aromatic carbocycles. The van der Waals surface area contributed by atoms with Crippen molar-refractivity contribution in [2.24, 2.45) is 0 Å². The van der Waals surface area contributed by atoms with Crippen LogP contribution in [0.5, 0.6) is 0 Å². The van der Waals surface area contributed by atoms with Crippen molar-refractivity contribution in [1.29, 1.82) is 0 Å². The number of aromatic nitrogens is 1. The molecule has 0 radical (unpaired) electrons. The van der Waals surface area contributed by atoms with Crippen LogP contribution in [0.25, 0.3) is 0 Å². The SMILES string of the molecule is CC#CCNc1cc(C(=O)O)c(Br)cn1. The smallest absolute Gasteiger partial charge is 0.337 e. The minimum absolute atomic E-state index is 0.178. The number of aromatic carboxylic acids is 1. The minimum Gasteiger partial charge on any atom is -0.478 e. The Balaban J connectivity index is 2.86. The van der Waals surface area contributed by atoms with Crippen LogP contribution < -0.4 is 5.32 Å². The fourth-order valence-electron chi connectivity index (χ4n) is 0.922. The van der Waals surface area contributed by atoms with Crippen molar-refractivity contribution >= 4 is 27.7 Å². The van der Waals surface area contributed by atoms with E-state index in [1.807, 2.05) is 0 Å². The van der Waals surface area contributed by atoms with Gasteiger partial charge in [0.2, 0.25) is 0 Å². The number of carboxylic acids is 1. The molecule has 1 aromatic heterocycles. The van der Waals surface area contributed by atoms with E-state index < -0.39 is 5.97 Å². The molecule has 4 nitrogen and oxygen atoms in total. The highest BCUT2D eigenvalue weighted by Gasteiger charge is 2.09. The Hall–Kier alpha value is -1.54. The van der Waals surface area contributed by atoms with E-state index >= 15 is 0 Å². The van der Waals surface area contributed by atoms with Gasteiger partial charge in [0.05, 0.1) is 16.6 Å². The van der Waals surface area contributed by atoms with E-state index in [4.69, 9.17) is 5.11 Å². The number of hydrogen-bond acceptors (Lipinski definition) is 3. The number of nitrogens with zero attached hydrogens (tertiary/aromatic N) is 1. The summed E-state index contributed by atoms with van der Waals surface area (Å²) in [5, 5.41) is 11.7. The summed E-state index contributed by atoms with van der Waals surface area (Å²) < 4.78 is 0.460. The molecule has 0 aliphatic heterocycles. The molecule has 0 spiro atoms. The minimum atomic E-state index is -0.992. The molecule has 0 aliphatic carbocycles. The van der Waals surface area contributed by atoms with Gasteiger partial charge < -0.3 is 10.4 Å². The number of halogens is 1. The first-order chi connectivity index (χ1) is 7.15. The average Bonchev–Trinajstić information content (AvgIpc) is 2.20. The summed E-state index contributed by atoms with van der Waals surface area (Å²) in [6.07, 6.45) is 1.45. The van der Waals surface area contributed by atoms with Gasteiger partial charge in [-0.15, -0.1) is 5.92 Å². The second kappa shape index (κ2) is 5.37. The van der Waals surface area contributed by atoms with Crippen LogP contribution in [0.1, 0.15) is 17.3 Å². The maximum atomic E-state index is 10.8. The molecular weight excluding hydrogens is 260 g/mol. The van der Waals surface area contributed by atoms with Crippen molar-refractivity contribution in [3.05, 3.63) is 22.3 Å². The van der Waals surface area contributed by atoms with Gasteiger partial charge in [0, 0.05) is 6.20 Å². The summed E-state index contributed by atoms with van der Waals surface area (Å²) >= 11 is 3.11. The first kappa shape index (κ1) is 11.5. The molecule has 0 bridgehead atoms. The summed E-state index contributed by atoms with van der Waals surface area (Å²) in [5.41, 5.74) is 0.178. The van der Waals surface area contributed by atoms with Crippen LogP contribution >= 0.6 is 15.9 Å². The molecule has 0 amide bonds. The number of hydrogen-bond donors (Lipinski definition) is 2. The van der Waals surface area contributed by atoms with E-state index in [2.05, 4.69) is 38.1 Å². The van der Waals surface area contributed by atoms with Gasteiger partial charge in [0.1, 0.15) is 5.82 Å². The third-order valence-corrected chi connectivity index (χ3v) is 2.25. The fourth-order valence-corrected chi connectivity index (χ4v) is 1.31. The molecule has 15 heavy (non-hydrogen) atoms. The van der Waals surface area contributed by atoms with E-state index in [0.29, 0.717) is 16.8 Å². The largest absolute Gasteiger partial charge is 0.478 e. The summed E-state index contributed by atoms with van der Waals surface area (Å²) in [6, 6.07) is 1.46. The third-order valence-electron chi connectivity index (χ3n) is 1.62. The van der Waals surface area contributed by atoms with E-state index in [9.17, 15) is 4.79 Å². The molecule has 0 saturated heterocycles. The Morgan fingerprint density at radius 1 is 1.73 bits per heavy atom. The predicted molar refractivity (Wildman–Crippen MR) is 60.8 cm³/mol. The van der Waals surface area contributed by atoms with Crippen LogP contribution in [0.15, 0.2) is 16.7 Å². The molecule has 0 unspecified atom stereocenters. The van der Waals surface area contributed by atoms with Crippen molar-refractivity contribution < 1.29 is 9.90 Å². The monoisotopic (exact) mass is 268 g/mol. The van der Waals surface area contributed by atoms with Gasteiger partial charge in [-0.1, -0.05) is 5.92 Å². The second-order valence-electron chi connectivity index (χ2n) is 2.63. The van der Waals surface area contributed by atoms with Crippen molar-refractivity contribution in [2.75, 3.05) is 11.9 Å². The van der Waals surface area contributed by atoms with E-state index in [1.54, 1.807) is 6.92 Å². The summed E-state index contributed by atoms with van der Waals surface area (Å²) in [4.78, 5) is 14.8. The summed E-state index contributed by atoms with van der Waals surface area (Å²) in [7, 11) is 0. The number of nitrogens with one attached hydrogen (secondary N) is 1. The Labute approximate surface area is 95.8 Å². The number of anilines is 1. The van der Waals surface area contributed by atoms with Gasteiger partial charge in [-0.2, -0.15) is 0 Å². The Morgan fingerprint density at radius 2 is 2.47 bits per heavy atom. The first-order valence-corrected chi connectivity index (χ1v) is 4.96. The van der Waals surface area contributed by atoms with Gasteiger partial charge in [0.15, 0.2) is 0 Å². The number of pyridine rings is 1. The number of carbonyl (C=O) groups is 1. The van der Waals surface area contributed by atoms with Crippen molar-refractivity contribution in [3.8, 4) is 11.8 Å². The lowest BCUT2D eigenvalue weighted by molar-refractivity contribution is 0.0696. The van der Waals surface area contributed by atoms with Crippen molar-refractivity contribution in [2.45, 2.75) is 6.92 Å². The van der Waals surface area contributed by atoms with E-state index in [0.717, 1.165) is 0 Å². The standard InChI is InChI=1S/C10H9BrN2O2/c1-2-3-4-12-9-5-7(10(14)15)8(11)6-13-9/h5-6H,4H2,1H3,(H,12,13)(H,14,15). The molecule has 1 rings (SSSR count). The lowest BCUT2D eigenvalue weighted by atomic mass is 10.2. The fraction of sp³-hybridized carbons (Fsp3) is 0.200. The molecule has 0 atom stereocenters.